The Morgan fingerprint density at radius 1 is 1.58 bits per heavy atom. The molecule has 0 rings (SSSR count). The van der Waals surface area contributed by atoms with E-state index in [1.165, 1.54) is 11.8 Å². The maximum absolute atomic E-state index is 10.5. The molecule has 0 radical (unpaired) electrons. The number of carboxylic acid groups (broad SMARTS) is 1. The van der Waals surface area contributed by atoms with Crippen LogP contribution in [0.25, 0.3) is 0 Å². The minimum Gasteiger partial charge on any atom is -0.480 e. The van der Waals surface area contributed by atoms with E-state index in [-0.39, 0.29) is 5.25 Å². The Morgan fingerprint density at radius 2 is 2.25 bits per heavy atom. The molecule has 0 aromatic carbocycles. The van der Waals surface area contributed by atoms with Crippen molar-refractivity contribution < 1.29 is 9.90 Å². The lowest BCUT2D eigenvalue weighted by molar-refractivity contribution is -0.136. The second kappa shape index (κ2) is 7.22. The molecule has 0 spiro atoms. The van der Waals surface area contributed by atoms with Gasteiger partial charge in [-0.25, -0.2) is 0 Å². The Hall–Kier alpha value is -0.440. The molecule has 0 heterocycles. The van der Waals surface area contributed by atoms with Crippen molar-refractivity contribution in [3.63, 3.8) is 0 Å². The third-order valence-electron chi connectivity index (χ3n) is 1.53. The van der Waals surface area contributed by atoms with Crippen molar-refractivity contribution in [1.82, 2.24) is 0 Å². The molecule has 1 atom stereocenters. The van der Waals surface area contributed by atoms with Crippen LogP contribution in [-0.4, -0.2) is 22.6 Å². The summed E-state index contributed by atoms with van der Waals surface area (Å²) in [5.41, 5.74) is 0. The summed E-state index contributed by atoms with van der Waals surface area (Å²) >= 11 is 1.39. The first-order chi connectivity index (χ1) is 5.72. The Kier molecular flexibility index (Phi) is 6.96. The van der Waals surface area contributed by atoms with E-state index in [0.29, 0.717) is 6.42 Å². The summed E-state index contributed by atoms with van der Waals surface area (Å²) in [5, 5.41) is 8.40. The number of rotatable bonds is 6. The number of aliphatic carboxylic acids is 1. The van der Waals surface area contributed by atoms with Crippen LogP contribution in [0.4, 0.5) is 0 Å². The van der Waals surface area contributed by atoms with E-state index in [9.17, 15) is 4.79 Å². The van der Waals surface area contributed by atoms with Crippen LogP contribution in [0.15, 0.2) is 12.2 Å². The van der Waals surface area contributed by atoms with Crippen LogP contribution in [0, 0.1) is 0 Å². The molecule has 0 fully saturated rings. The van der Waals surface area contributed by atoms with Crippen LogP contribution in [-0.2, 0) is 4.79 Å². The Morgan fingerprint density at radius 3 is 2.67 bits per heavy atom. The molecule has 0 aliphatic carbocycles. The maximum Gasteiger partial charge on any atom is 0.316 e. The van der Waals surface area contributed by atoms with Gasteiger partial charge in [0.25, 0.3) is 0 Å². The molecule has 0 aliphatic heterocycles. The largest absolute Gasteiger partial charge is 0.480 e. The van der Waals surface area contributed by atoms with E-state index < -0.39 is 5.97 Å². The van der Waals surface area contributed by atoms with Gasteiger partial charge in [0.15, 0.2) is 0 Å². The zero-order valence-electron chi connectivity index (χ0n) is 7.62. The zero-order valence-corrected chi connectivity index (χ0v) is 8.43. The average molecular weight is 188 g/mol. The summed E-state index contributed by atoms with van der Waals surface area (Å²) in [6, 6.07) is 0. The van der Waals surface area contributed by atoms with Crippen LogP contribution >= 0.6 is 11.8 Å². The van der Waals surface area contributed by atoms with Gasteiger partial charge in [0.05, 0.1) is 0 Å². The second-order valence-corrected chi connectivity index (χ2v) is 3.60. The Bertz CT molecular complexity index is 155. The number of thioether (sulfide) groups is 1. The zero-order chi connectivity index (χ0) is 9.40. The normalized spacial score (nSPS) is 13.5. The van der Waals surface area contributed by atoms with Crippen molar-refractivity contribution >= 4 is 17.7 Å². The van der Waals surface area contributed by atoms with Crippen molar-refractivity contribution in [2.45, 2.75) is 31.4 Å². The van der Waals surface area contributed by atoms with Gasteiger partial charge in [0, 0.05) is 0 Å². The highest BCUT2D eigenvalue weighted by Gasteiger charge is 2.12. The van der Waals surface area contributed by atoms with Crippen molar-refractivity contribution in [3.05, 3.63) is 12.2 Å². The van der Waals surface area contributed by atoms with Crippen molar-refractivity contribution in [1.29, 1.82) is 0 Å². The highest BCUT2D eigenvalue weighted by molar-refractivity contribution is 7.99. The Labute approximate surface area is 78.0 Å². The van der Waals surface area contributed by atoms with Gasteiger partial charge in [-0.15, -0.1) is 11.8 Å². The maximum atomic E-state index is 10.5. The molecule has 0 aliphatic rings. The SMILES string of the molecule is CCC/C=C/CC(SC)C(=O)O. The molecule has 0 bridgehead atoms. The fourth-order valence-corrected chi connectivity index (χ4v) is 1.31. The summed E-state index contributed by atoms with van der Waals surface area (Å²) in [6.45, 7) is 2.10. The number of allylic oxidation sites excluding steroid dienone is 2. The number of carboxylic acids is 1. The fourth-order valence-electron chi connectivity index (χ4n) is 0.802. The summed E-state index contributed by atoms with van der Waals surface area (Å²) in [6.07, 6.45) is 8.63. The lowest BCUT2D eigenvalue weighted by Gasteiger charge is -2.04. The van der Waals surface area contributed by atoms with E-state index in [1.54, 1.807) is 0 Å². The van der Waals surface area contributed by atoms with Crippen molar-refractivity contribution in [2.75, 3.05) is 6.26 Å². The van der Waals surface area contributed by atoms with E-state index in [2.05, 4.69) is 6.92 Å². The predicted octanol–water partition coefficient (Wildman–Crippen LogP) is 2.55. The molecule has 2 nitrogen and oxygen atoms in total. The van der Waals surface area contributed by atoms with Crippen molar-refractivity contribution in [2.24, 2.45) is 0 Å². The third-order valence-corrected chi connectivity index (χ3v) is 2.50. The smallest absolute Gasteiger partial charge is 0.316 e. The molecule has 1 N–H and O–H groups in total. The van der Waals surface area contributed by atoms with Gasteiger partial charge in [0.1, 0.15) is 5.25 Å². The molecule has 0 aromatic rings. The van der Waals surface area contributed by atoms with Gasteiger partial charge in [-0.2, -0.15) is 0 Å². The number of hydrogen-bond donors (Lipinski definition) is 1. The lowest BCUT2D eigenvalue weighted by Crippen LogP contribution is -2.14. The molecule has 70 valence electrons. The first kappa shape index (κ1) is 11.6. The molecule has 3 heteroatoms. The fraction of sp³-hybridized carbons (Fsp3) is 0.667. The molecule has 0 aromatic heterocycles. The summed E-state index contributed by atoms with van der Waals surface area (Å²) < 4.78 is 0. The molecular weight excluding hydrogens is 172 g/mol. The van der Waals surface area contributed by atoms with Crippen LogP contribution in [0.5, 0.6) is 0 Å². The standard InChI is InChI=1S/C9H16O2S/c1-3-4-5-6-7-8(12-2)9(10)11/h5-6,8H,3-4,7H2,1-2H3,(H,10,11)/b6-5+. The minimum atomic E-state index is -0.719. The number of unbranched alkanes of at least 4 members (excludes halogenated alkanes) is 1. The molecule has 0 saturated carbocycles. The molecule has 12 heavy (non-hydrogen) atoms. The van der Waals surface area contributed by atoms with Crippen LogP contribution < -0.4 is 0 Å². The van der Waals surface area contributed by atoms with E-state index in [1.807, 2.05) is 18.4 Å². The van der Waals surface area contributed by atoms with E-state index in [0.717, 1.165) is 12.8 Å². The number of carbonyl (C=O) groups is 1. The van der Waals surface area contributed by atoms with E-state index >= 15 is 0 Å². The van der Waals surface area contributed by atoms with E-state index in [4.69, 9.17) is 5.11 Å². The van der Waals surface area contributed by atoms with Crippen molar-refractivity contribution in [3.8, 4) is 0 Å². The van der Waals surface area contributed by atoms with Gasteiger partial charge >= 0.3 is 5.97 Å². The monoisotopic (exact) mass is 188 g/mol. The van der Waals surface area contributed by atoms with Gasteiger partial charge in [-0.3, -0.25) is 4.79 Å². The van der Waals surface area contributed by atoms with Gasteiger partial charge in [0.2, 0.25) is 0 Å². The highest BCUT2D eigenvalue weighted by Crippen LogP contribution is 2.11. The predicted molar refractivity (Wildman–Crippen MR) is 53.6 cm³/mol. The average Bonchev–Trinajstić information content (AvgIpc) is 2.04. The highest BCUT2D eigenvalue weighted by atomic mass is 32.2. The Balaban J connectivity index is 3.64. The first-order valence-electron chi connectivity index (χ1n) is 4.13. The van der Waals surface area contributed by atoms with Crippen LogP contribution in [0.3, 0.4) is 0 Å². The summed E-state index contributed by atoms with van der Waals surface area (Å²) in [7, 11) is 0. The van der Waals surface area contributed by atoms with Gasteiger partial charge < -0.3 is 5.11 Å². The van der Waals surface area contributed by atoms with Crippen LogP contribution in [0.2, 0.25) is 0 Å². The summed E-state index contributed by atoms with van der Waals surface area (Å²) in [4.78, 5) is 10.5. The molecule has 1 unspecified atom stereocenters. The third kappa shape index (κ3) is 5.24. The molecule has 0 saturated heterocycles. The van der Waals surface area contributed by atoms with Crippen LogP contribution in [0.1, 0.15) is 26.2 Å². The first-order valence-corrected chi connectivity index (χ1v) is 5.41. The topological polar surface area (TPSA) is 37.3 Å². The molecule has 0 amide bonds. The molecular formula is C9H16O2S. The van der Waals surface area contributed by atoms with Gasteiger partial charge in [-0.05, 0) is 19.1 Å². The minimum absolute atomic E-state index is 0.280. The second-order valence-electron chi connectivity index (χ2n) is 2.56. The number of hydrogen-bond acceptors (Lipinski definition) is 2. The van der Waals surface area contributed by atoms with Gasteiger partial charge in [-0.1, -0.05) is 25.5 Å². The summed E-state index contributed by atoms with van der Waals surface area (Å²) in [5.74, 6) is -0.719. The lowest BCUT2D eigenvalue weighted by atomic mass is 10.2. The quantitative estimate of drug-likeness (QED) is 0.651.